The zero-order valence-corrected chi connectivity index (χ0v) is 45.6. The quantitative estimate of drug-likeness (QED) is 0.129. The summed E-state index contributed by atoms with van der Waals surface area (Å²) in [6.07, 6.45) is 8.62. The van der Waals surface area contributed by atoms with Gasteiger partial charge in [-0.05, 0) is 190 Å². The fraction of sp³-hybridized carbons (Fsp3) is 0.291. The second-order valence-corrected chi connectivity index (χ2v) is 24.5. The summed E-state index contributed by atoms with van der Waals surface area (Å²) < 4.78 is 4.44. The Morgan fingerprint density at radius 3 is 0.896 bits per heavy atom. The van der Waals surface area contributed by atoms with Crippen LogP contribution in [0.4, 0.5) is 0 Å². The highest BCUT2D eigenvalue weighted by atomic mass is 79.9. The summed E-state index contributed by atoms with van der Waals surface area (Å²) in [7, 11) is -0.146. The molecule has 0 heterocycles. The third kappa shape index (κ3) is 17.1. The summed E-state index contributed by atoms with van der Waals surface area (Å²) in [4.78, 5) is 38.2. The number of carboxylic acids is 3. The zero-order valence-electron chi connectivity index (χ0n) is 37.6. The minimum absolute atomic E-state index is 0.0728. The first kappa shape index (κ1) is 54.3. The molecule has 0 radical (unpaired) electrons. The lowest BCUT2D eigenvalue weighted by Crippen LogP contribution is -2.49. The summed E-state index contributed by atoms with van der Waals surface area (Å²) >= 11 is 14.1. The fourth-order valence-corrected chi connectivity index (χ4v) is 14.2. The Morgan fingerprint density at radius 1 is 0.463 bits per heavy atom. The molecule has 0 aliphatic heterocycles. The molecule has 0 unspecified atom stereocenters. The van der Waals surface area contributed by atoms with E-state index in [0.29, 0.717) is 12.8 Å². The van der Waals surface area contributed by atoms with Gasteiger partial charge in [0.05, 0.1) is 27.2 Å². The minimum Gasteiger partial charge on any atom is -0.550 e. The van der Waals surface area contributed by atoms with E-state index in [2.05, 4.69) is 221 Å². The summed E-state index contributed by atoms with van der Waals surface area (Å²) in [6.45, 7) is 3.60. The van der Waals surface area contributed by atoms with Crippen LogP contribution in [0.2, 0.25) is 0 Å². The first-order chi connectivity index (χ1) is 32.2. The number of halogens is 4. The van der Waals surface area contributed by atoms with Gasteiger partial charge in [0.15, 0.2) is 29.4 Å². The molecule has 0 saturated heterocycles. The molecule has 4 bridgehead atoms. The number of aliphatic carboxylic acids is 3. The van der Waals surface area contributed by atoms with E-state index >= 15 is 0 Å². The molecule has 10 rings (SSSR count). The van der Waals surface area contributed by atoms with Gasteiger partial charge in [-0.2, -0.15) is 0 Å². The van der Waals surface area contributed by atoms with Crippen LogP contribution in [0.15, 0.2) is 205 Å². The van der Waals surface area contributed by atoms with Crippen LogP contribution in [0, 0.1) is 23.2 Å². The lowest BCUT2D eigenvalue weighted by atomic mass is 9.49. The molecule has 6 aromatic rings. The predicted molar refractivity (Wildman–Crippen MR) is 282 cm³/mol. The number of carbonyl (C=O) groups excluding carboxylic acids is 2. The van der Waals surface area contributed by atoms with Gasteiger partial charge in [-0.3, -0.25) is 4.79 Å². The molecule has 4 fully saturated rings. The van der Waals surface area contributed by atoms with E-state index in [4.69, 9.17) is 0 Å². The van der Waals surface area contributed by atoms with Crippen LogP contribution in [-0.4, -0.2) is 23.0 Å². The molecule has 0 amide bonds. The lowest BCUT2D eigenvalue weighted by molar-refractivity contribution is -0.307. The van der Waals surface area contributed by atoms with Gasteiger partial charge in [0, 0.05) is 29.8 Å². The highest BCUT2D eigenvalue weighted by Crippen LogP contribution is 2.60. The Labute approximate surface area is 435 Å². The maximum Gasteiger partial charge on any atom is 0.309 e. The van der Waals surface area contributed by atoms with E-state index in [1.807, 2.05) is 0 Å². The molecule has 0 spiro atoms. The van der Waals surface area contributed by atoms with E-state index in [0.717, 1.165) is 54.9 Å². The number of hydrogen-bond donors (Lipinski definition) is 1. The third-order valence-electron chi connectivity index (χ3n) is 11.6. The van der Waals surface area contributed by atoms with Crippen molar-refractivity contribution in [3.63, 3.8) is 0 Å². The lowest BCUT2D eigenvalue weighted by Gasteiger charge is -2.54. The van der Waals surface area contributed by atoms with Crippen LogP contribution < -0.4 is 10.2 Å². The average Bonchev–Trinajstić information content (AvgIpc) is 3.30. The van der Waals surface area contributed by atoms with Crippen molar-refractivity contribution in [2.45, 2.75) is 107 Å². The van der Waals surface area contributed by atoms with Gasteiger partial charge in [0.2, 0.25) is 0 Å². The normalized spacial score (nSPS) is 18.4. The van der Waals surface area contributed by atoms with Gasteiger partial charge in [0.1, 0.15) is 0 Å². The molecule has 4 aliphatic carbocycles. The summed E-state index contributed by atoms with van der Waals surface area (Å²) in [5.74, 6) is -0.173. The zero-order chi connectivity index (χ0) is 48.3. The van der Waals surface area contributed by atoms with Crippen molar-refractivity contribution in [2.75, 3.05) is 0 Å². The van der Waals surface area contributed by atoms with Crippen molar-refractivity contribution in [2.24, 2.45) is 23.2 Å². The maximum atomic E-state index is 11.3. The summed E-state index contributed by atoms with van der Waals surface area (Å²) in [5.41, 5.74) is -0.283. The number of rotatable bonds is 11. The van der Waals surface area contributed by atoms with Gasteiger partial charge in [-0.15, -0.1) is 0 Å². The highest BCUT2D eigenvalue weighted by Gasteiger charge is 2.54. The van der Waals surface area contributed by atoms with Crippen molar-refractivity contribution >= 4 is 103 Å². The predicted octanol–water partition coefficient (Wildman–Crippen LogP) is 14.0. The van der Waals surface area contributed by atoms with E-state index in [-0.39, 0.29) is 40.0 Å². The Morgan fingerprint density at radius 2 is 0.701 bits per heavy atom. The number of hydrogen-bond acceptors (Lipinski definition) is 5. The van der Waals surface area contributed by atoms with Gasteiger partial charge in [-0.25, -0.2) is 0 Å². The summed E-state index contributed by atoms with van der Waals surface area (Å²) in [6, 6.07) is 55.8. The van der Waals surface area contributed by atoms with Gasteiger partial charge in [0.25, 0.3) is 0 Å². The molecule has 1 N–H and O–H groups in total. The van der Waals surface area contributed by atoms with E-state index in [9.17, 15) is 29.7 Å². The fourth-order valence-electron chi connectivity index (χ4n) is 8.99. The molecular formula is C55H56Br4O6S2. The van der Waals surface area contributed by atoms with E-state index < -0.39 is 17.9 Å². The van der Waals surface area contributed by atoms with Crippen molar-refractivity contribution in [1.29, 1.82) is 0 Å². The average molecular weight is 1200 g/mol. The molecular weight excluding hydrogens is 1140 g/mol. The smallest absolute Gasteiger partial charge is 0.309 e. The standard InChI is InChI=1S/2C18H13Br2S.C11H16O2.2C4H8O2/c2*19-14-6-10-17(11-7-14)21(16-4-2-1-3-5-16)18-12-8-15(20)9-13-18;12-10(13)11-4-7-1-8(5-11)3-9(2-7)6-11;2*1-2-3-4(5)6/h2*1-13H;7-9H,1-6H2,(H,12,13);2*2-3H2,1H3,(H,5,6)/q2*+1;;;/p-2. The first-order valence-electron chi connectivity index (χ1n) is 22.4. The molecule has 12 heteroatoms. The van der Waals surface area contributed by atoms with Gasteiger partial charge < -0.3 is 24.9 Å². The van der Waals surface area contributed by atoms with Crippen molar-refractivity contribution < 1.29 is 29.7 Å². The Bertz CT molecular complexity index is 2160. The third-order valence-corrected chi connectivity index (χ3v) is 18.1. The molecule has 4 aliphatic rings. The largest absolute Gasteiger partial charge is 0.550 e. The van der Waals surface area contributed by atoms with E-state index in [1.165, 1.54) is 48.6 Å². The number of benzene rings is 6. The monoisotopic (exact) mass is 1190 g/mol. The molecule has 67 heavy (non-hydrogen) atoms. The Hall–Kier alpha value is -3.65. The molecule has 0 atom stereocenters. The van der Waals surface area contributed by atoms with Crippen molar-refractivity contribution in [3.05, 3.63) is 176 Å². The van der Waals surface area contributed by atoms with Gasteiger partial charge >= 0.3 is 5.97 Å². The highest BCUT2D eigenvalue weighted by molar-refractivity contribution is 9.11. The Kier molecular flexibility index (Phi) is 22.3. The SMILES string of the molecule is Brc1ccc([S+](c2ccccc2)c2ccc(Br)cc2)cc1.Brc1ccc([S+](c2ccccc2)c2ccc(Br)cc2)cc1.CCCC(=O)[O-].CCCC(=O)[O-].O=C(O)C12CC3CC(CC(C3)C1)C2. The first-order valence-corrected chi connectivity index (χ1v) is 28.1. The molecule has 6 nitrogen and oxygen atoms in total. The number of carboxylic acid groups (broad SMARTS) is 3. The second-order valence-electron chi connectivity index (χ2n) is 16.8. The van der Waals surface area contributed by atoms with Crippen molar-refractivity contribution in [1.82, 2.24) is 0 Å². The topological polar surface area (TPSA) is 118 Å². The molecule has 352 valence electrons. The van der Waals surface area contributed by atoms with E-state index in [1.54, 1.807) is 13.8 Å². The van der Waals surface area contributed by atoms with Crippen LogP contribution >= 0.6 is 63.7 Å². The Balaban J connectivity index is 0.000000171. The maximum absolute atomic E-state index is 11.3. The van der Waals surface area contributed by atoms with Crippen molar-refractivity contribution in [3.8, 4) is 0 Å². The van der Waals surface area contributed by atoms with Crippen LogP contribution in [0.25, 0.3) is 0 Å². The van der Waals surface area contributed by atoms with Crippen LogP contribution in [0.5, 0.6) is 0 Å². The molecule has 4 saturated carbocycles. The molecule has 6 aromatic carbocycles. The van der Waals surface area contributed by atoms with Crippen LogP contribution in [-0.2, 0) is 36.2 Å². The minimum atomic E-state index is -0.961. The molecule has 0 aromatic heterocycles. The second kappa shape index (κ2) is 27.5. The van der Waals surface area contributed by atoms with Crippen LogP contribution in [0.1, 0.15) is 78.1 Å². The number of carbonyl (C=O) groups is 3. The summed E-state index contributed by atoms with van der Waals surface area (Å²) in [5, 5.41) is 28.3. The van der Waals surface area contributed by atoms with Crippen LogP contribution in [0.3, 0.4) is 0 Å². The van der Waals surface area contributed by atoms with Gasteiger partial charge in [-0.1, -0.05) is 127 Å².